The Hall–Kier alpha value is -1.98. The van der Waals surface area contributed by atoms with Gasteiger partial charge in [0.1, 0.15) is 6.17 Å². The molecule has 0 aromatic heterocycles. The zero-order valence-electron chi connectivity index (χ0n) is 20.5. The molecule has 0 bridgehead atoms. The van der Waals surface area contributed by atoms with E-state index in [9.17, 15) is 4.79 Å². The van der Waals surface area contributed by atoms with Crippen LogP contribution in [0, 0.1) is 0 Å². The van der Waals surface area contributed by atoms with Gasteiger partial charge in [0, 0.05) is 24.9 Å². The summed E-state index contributed by atoms with van der Waals surface area (Å²) in [6.07, 6.45) is 9.70. The highest BCUT2D eigenvalue weighted by Crippen LogP contribution is 2.33. The molecule has 1 unspecified atom stereocenters. The third-order valence-corrected chi connectivity index (χ3v) is 7.76. The molecule has 1 saturated heterocycles. The van der Waals surface area contributed by atoms with Crippen LogP contribution in [0.1, 0.15) is 69.9 Å². The predicted molar refractivity (Wildman–Crippen MR) is 148 cm³/mol. The number of unbranched alkanes of at least 4 members (excludes halogenated alkanes) is 1. The second-order valence-electron chi connectivity index (χ2n) is 9.27. The SMILES string of the molecule is CCCCc1ccc(N(C(C)=O)C2CSC(=NC3CCCCC3)N2Cc2ccccc2)cc1.Cl. The average Bonchev–Trinajstić information content (AvgIpc) is 3.21. The van der Waals surface area contributed by atoms with Crippen LogP contribution < -0.4 is 4.90 Å². The van der Waals surface area contributed by atoms with E-state index in [1.807, 2.05) is 16.7 Å². The van der Waals surface area contributed by atoms with Crippen molar-refractivity contribution in [2.75, 3.05) is 10.7 Å². The largest absolute Gasteiger partial charge is 0.325 e. The summed E-state index contributed by atoms with van der Waals surface area (Å²) >= 11 is 1.81. The molecule has 2 aromatic carbocycles. The number of carbonyl (C=O) groups is 1. The first kappa shape index (κ1) is 26.6. The van der Waals surface area contributed by atoms with Crippen LogP contribution in [0.5, 0.6) is 0 Å². The minimum atomic E-state index is -0.0310. The van der Waals surface area contributed by atoms with Gasteiger partial charge in [-0.3, -0.25) is 14.7 Å². The van der Waals surface area contributed by atoms with Gasteiger partial charge in [0.25, 0.3) is 0 Å². The molecule has 2 fully saturated rings. The van der Waals surface area contributed by atoms with Crippen molar-refractivity contribution in [2.45, 2.75) is 84.0 Å². The fraction of sp³-hybridized carbons (Fsp3) is 0.500. The lowest BCUT2D eigenvalue weighted by molar-refractivity contribution is -0.117. The Morgan fingerprint density at radius 3 is 2.38 bits per heavy atom. The highest BCUT2D eigenvalue weighted by atomic mass is 35.5. The Morgan fingerprint density at radius 2 is 1.74 bits per heavy atom. The number of anilines is 1. The zero-order chi connectivity index (χ0) is 23.0. The number of benzene rings is 2. The van der Waals surface area contributed by atoms with Gasteiger partial charge in [-0.15, -0.1) is 12.4 Å². The van der Waals surface area contributed by atoms with Crippen LogP contribution in [0.4, 0.5) is 5.69 Å². The van der Waals surface area contributed by atoms with E-state index in [0.717, 1.165) is 29.6 Å². The lowest BCUT2D eigenvalue weighted by Gasteiger charge is -2.35. The fourth-order valence-electron chi connectivity index (χ4n) is 4.86. The summed E-state index contributed by atoms with van der Waals surface area (Å²) in [5.74, 6) is 0.925. The predicted octanol–water partition coefficient (Wildman–Crippen LogP) is 7.07. The molecule has 4 nitrogen and oxygen atoms in total. The van der Waals surface area contributed by atoms with Crippen LogP contribution in [-0.2, 0) is 17.8 Å². The third kappa shape index (κ3) is 6.79. The second kappa shape index (κ2) is 13.2. The Balaban J connectivity index is 0.00000324. The van der Waals surface area contributed by atoms with Crippen LogP contribution >= 0.6 is 24.2 Å². The number of aliphatic imine (C=N–C) groups is 1. The molecule has 0 spiro atoms. The molecule has 2 aliphatic rings. The van der Waals surface area contributed by atoms with Crippen molar-refractivity contribution < 1.29 is 4.79 Å². The number of aryl methyl sites for hydroxylation is 1. The fourth-order valence-corrected chi connectivity index (χ4v) is 6.06. The second-order valence-corrected chi connectivity index (χ2v) is 10.3. The van der Waals surface area contributed by atoms with Gasteiger partial charge >= 0.3 is 0 Å². The molecule has 1 aliphatic carbocycles. The summed E-state index contributed by atoms with van der Waals surface area (Å²) in [6.45, 7) is 4.67. The Morgan fingerprint density at radius 1 is 1.03 bits per heavy atom. The smallest absolute Gasteiger partial charge is 0.225 e. The molecule has 4 rings (SSSR count). The van der Waals surface area contributed by atoms with Crippen LogP contribution in [-0.4, -0.2) is 33.9 Å². The Bertz CT molecular complexity index is 928. The van der Waals surface area contributed by atoms with E-state index in [0.29, 0.717) is 6.04 Å². The van der Waals surface area contributed by atoms with E-state index < -0.39 is 0 Å². The topological polar surface area (TPSA) is 35.9 Å². The molecule has 1 heterocycles. The van der Waals surface area contributed by atoms with Crippen molar-refractivity contribution in [3.05, 3.63) is 65.7 Å². The third-order valence-electron chi connectivity index (χ3n) is 6.70. The molecule has 2 aromatic rings. The Kier molecular flexibility index (Phi) is 10.3. The summed E-state index contributed by atoms with van der Waals surface area (Å²) in [6, 6.07) is 19.6. The number of hydrogen-bond acceptors (Lipinski definition) is 3. The van der Waals surface area contributed by atoms with Gasteiger partial charge in [0.15, 0.2) is 5.17 Å². The van der Waals surface area contributed by atoms with Crippen molar-refractivity contribution in [1.82, 2.24) is 4.90 Å². The van der Waals surface area contributed by atoms with Gasteiger partial charge in [-0.1, -0.05) is 86.8 Å². The average molecular weight is 500 g/mol. The van der Waals surface area contributed by atoms with Crippen molar-refractivity contribution in [1.29, 1.82) is 0 Å². The van der Waals surface area contributed by atoms with Crippen molar-refractivity contribution in [3.8, 4) is 0 Å². The first-order chi connectivity index (χ1) is 16.2. The van der Waals surface area contributed by atoms with Gasteiger partial charge < -0.3 is 4.90 Å². The minimum absolute atomic E-state index is 0. The van der Waals surface area contributed by atoms with E-state index >= 15 is 0 Å². The molecular weight excluding hydrogens is 462 g/mol. The Labute approximate surface area is 215 Å². The van der Waals surface area contributed by atoms with Gasteiger partial charge in [-0.05, 0) is 48.9 Å². The van der Waals surface area contributed by atoms with Gasteiger partial charge in [0.2, 0.25) is 5.91 Å². The van der Waals surface area contributed by atoms with E-state index in [2.05, 4.69) is 66.4 Å². The van der Waals surface area contributed by atoms with Crippen LogP contribution in [0.15, 0.2) is 59.6 Å². The molecule has 6 heteroatoms. The first-order valence-electron chi connectivity index (χ1n) is 12.6. The monoisotopic (exact) mass is 499 g/mol. The quantitative estimate of drug-likeness (QED) is 0.389. The maximum Gasteiger partial charge on any atom is 0.225 e. The first-order valence-corrected chi connectivity index (χ1v) is 13.5. The lowest BCUT2D eigenvalue weighted by Crippen LogP contribution is -2.49. The lowest BCUT2D eigenvalue weighted by atomic mass is 9.96. The van der Waals surface area contributed by atoms with E-state index in [1.54, 1.807) is 6.92 Å². The number of halogens is 1. The molecular formula is C28H38ClN3OS. The van der Waals surface area contributed by atoms with Gasteiger partial charge in [-0.25, -0.2) is 0 Å². The van der Waals surface area contributed by atoms with E-state index in [1.165, 1.54) is 56.1 Å². The summed E-state index contributed by atoms with van der Waals surface area (Å²) in [4.78, 5) is 22.5. The standard InChI is InChI=1S/C28H37N3OS.ClH/c1-3-4-11-23-16-18-26(19-17-23)31(22(2)32)27-21-33-28(29-25-14-9-6-10-15-25)30(27)20-24-12-7-5-8-13-24;/h5,7-8,12-13,16-19,25,27H,3-4,6,9-11,14-15,20-21H2,1-2H3;1H. The van der Waals surface area contributed by atoms with Crippen molar-refractivity contribution in [3.63, 3.8) is 0 Å². The molecule has 1 amide bonds. The molecule has 34 heavy (non-hydrogen) atoms. The number of amidine groups is 1. The summed E-state index contributed by atoms with van der Waals surface area (Å²) in [7, 11) is 0. The highest BCUT2D eigenvalue weighted by molar-refractivity contribution is 8.14. The van der Waals surface area contributed by atoms with Crippen LogP contribution in [0.25, 0.3) is 0 Å². The summed E-state index contributed by atoms with van der Waals surface area (Å²) in [5, 5.41) is 1.10. The van der Waals surface area contributed by atoms with E-state index in [-0.39, 0.29) is 24.5 Å². The number of nitrogens with zero attached hydrogens (tertiary/aromatic N) is 3. The van der Waals surface area contributed by atoms with E-state index in [4.69, 9.17) is 4.99 Å². The van der Waals surface area contributed by atoms with Crippen molar-refractivity contribution >= 4 is 40.9 Å². The number of amides is 1. The maximum atomic E-state index is 12.9. The number of thioether (sulfide) groups is 1. The molecule has 0 radical (unpaired) electrons. The molecule has 1 aliphatic heterocycles. The molecule has 184 valence electrons. The summed E-state index contributed by atoms with van der Waals surface area (Å²) < 4.78 is 0. The normalized spacial score (nSPS) is 19.8. The minimum Gasteiger partial charge on any atom is -0.325 e. The van der Waals surface area contributed by atoms with Crippen LogP contribution in [0.3, 0.4) is 0 Å². The maximum absolute atomic E-state index is 12.9. The van der Waals surface area contributed by atoms with Gasteiger partial charge in [0.05, 0.1) is 6.04 Å². The molecule has 0 N–H and O–H groups in total. The number of rotatable bonds is 8. The van der Waals surface area contributed by atoms with Crippen molar-refractivity contribution in [2.24, 2.45) is 4.99 Å². The zero-order valence-corrected chi connectivity index (χ0v) is 22.1. The highest BCUT2D eigenvalue weighted by Gasteiger charge is 2.37. The number of carbonyl (C=O) groups excluding carboxylic acids is 1. The summed E-state index contributed by atoms with van der Waals surface area (Å²) in [5.41, 5.74) is 3.57. The number of hydrogen-bond donors (Lipinski definition) is 0. The van der Waals surface area contributed by atoms with Crippen LogP contribution in [0.2, 0.25) is 0 Å². The van der Waals surface area contributed by atoms with Gasteiger partial charge in [-0.2, -0.15) is 0 Å². The molecule has 1 atom stereocenters. The molecule has 1 saturated carbocycles.